The zero-order valence-corrected chi connectivity index (χ0v) is 14.0. The van der Waals surface area contributed by atoms with E-state index in [1.54, 1.807) is 12.1 Å². The average molecular weight is 374 g/mol. The third-order valence-electron chi connectivity index (χ3n) is 2.69. The van der Waals surface area contributed by atoms with Gasteiger partial charge in [0.1, 0.15) is 11.6 Å². The zero-order chi connectivity index (χ0) is 15.4. The van der Waals surface area contributed by atoms with E-state index >= 15 is 0 Å². The van der Waals surface area contributed by atoms with Crippen molar-refractivity contribution in [2.24, 2.45) is 0 Å². The van der Waals surface area contributed by atoms with Crippen LogP contribution in [0.3, 0.4) is 0 Å². The molecule has 2 aromatic rings. The fraction of sp³-hybridized carbons (Fsp3) is 0.267. The van der Waals surface area contributed by atoms with E-state index in [1.165, 1.54) is 6.07 Å². The number of hydrogen-bond donors (Lipinski definition) is 1. The van der Waals surface area contributed by atoms with Crippen LogP contribution in [0, 0.1) is 5.82 Å². The minimum Gasteiger partial charge on any atom is -0.437 e. The fourth-order valence-corrected chi connectivity index (χ4v) is 2.38. The van der Waals surface area contributed by atoms with Gasteiger partial charge in [0, 0.05) is 22.6 Å². The Morgan fingerprint density at radius 1 is 1.38 bits per heavy atom. The largest absolute Gasteiger partial charge is 0.437 e. The van der Waals surface area contributed by atoms with Crippen LogP contribution in [0.25, 0.3) is 0 Å². The number of ether oxygens (including phenoxy) is 1. The number of hydrogen-bond acceptors (Lipinski definition) is 3. The molecule has 0 amide bonds. The maximum atomic E-state index is 13.4. The highest BCUT2D eigenvalue weighted by Crippen LogP contribution is 2.32. The maximum absolute atomic E-state index is 13.4. The summed E-state index contributed by atoms with van der Waals surface area (Å²) in [7, 11) is 0. The first-order valence-electron chi connectivity index (χ1n) is 6.46. The molecule has 1 heterocycles. The van der Waals surface area contributed by atoms with Crippen molar-refractivity contribution in [1.29, 1.82) is 0 Å². The minimum atomic E-state index is -0.398. The first-order valence-corrected chi connectivity index (χ1v) is 7.63. The van der Waals surface area contributed by atoms with Gasteiger partial charge in [-0.1, -0.05) is 41.4 Å². The Bertz CT molecular complexity index is 637. The maximum Gasteiger partial charge on any atom is 0.223 e. The van der Waals surface area contributed by atoms with Gasteiger partial charge in [-0.25, -0.2) is 9.37 Å². The van der Waals surface area contributed by atoms with E-state index in [0.29, 0.717) is 28.8 Å². The van der Waals surface area contributed by atoms with Crippen LogP contribution in [0.2, 0.25) is 5.02 Å². The first-order chi connectivity index (χ1) is 9.95. The lowest BCUT2D eigenvalue weighted by Gasteiger charge is -2.13. The molecule has 1 N–H and O–H groups in total. The van der Waals surface area contributed by atoms with Gasteiger partial charge in [-0.05, 0) is 24.3 Å². The molecule has 0 aliphatic carbocycles. The van der Waals surface area contributed by atoms with Gasteiger partial charge in [-0.15, -0.1) is 0 Å². The monoisotopic (exact) mass is 372 g/mol. The van der Waals surface area contributed by atoms with Crippen LogP contribution in [0.4, 0.5) is 4.39 Å². The number of aromatic nitrogens is 1. The van der Waals surface area contributed by atoms with Gasteiger partial charge in [-0.2, -0.15) is 0 Å². The van der Waals surface area contributed by atoms with Gasteiger partial charge in [0.25, 0.3) is 0 Å². The minimum absolute atomic E-state index is 0.275. The molecule has 6 heteroatoms. The van der Waals surface area contributed by atoms with Crippen molar-refractivity contribution < 1.29 is 9.13 Å². The lowest BCUT2D eigenvalue weighted by atomic mass is 10.2. The number of benzene rings is 1. The molecule has 0 saturated heterocycles. The van der Waals surface area contributed by atoms with Gasteiger partial charge in [0.05, 0.1) is 11.2 Å². The van der Waals surface area contributed by atoms with E-state index in [4.69, 9.17) is 16.3 Å². The van der Waals surface area contributed by atoms with Gasteiger partial charge in [-0.3, -0.25) is 0 Å². The van der Waals surface area contributed by atoms with Gasteiger partial charge < -0.3 is 10.1 Å². The van der Waals surface area contributed by atoms with E-state index < -0.39 is 5.82 Å². The van der Waals surface area contributed by atoms with Crippen molar-refractivity contribution in [2.75, 3.05) is 0 Å². The van der Waals surface area contributed by atoms with E-state index in [-0.39, 0.29) is 6.04 Å². The number of halogens is 3. The van der Waals surface area contributed by atoms with E-state index in [0.717, 1.165) is 10.7 Å². The summed E-state index contributed by atoms with van der Waals surface area (Å²) in [6.45, 7) is 4.49. The molecule has 0 spiro atoms. The van der Waals surface area contributed by atoms with Gasteiger partial charge >= 0.3 is 0 Å². The fourth-order valence-electron chi connectivity index (χ4n) is 1.66. The third-order valence-corrected chi connectivity index (χ3v) is 3.48. The molecule has 0 radical (unpaired) electrons. The molecule has 0 saturated carbocycles. The second-order valence-corrected chi connectivity index (χ2v) is 6.15. The number of pyridine rings is 1. The molecular formula is C15H15BrClFN2O. The summed E-state index contributed by atoms with van der Waals surface area (Å²) < 4.78 is 19.9. The molecule has 1 aromatic heterocycles. The van der Waals surface area contributed by atoms with Crippen LogP contribution in [0.15, 0.2) is 34.9 Å². The van der Waals surface area contributed by atoms with Crippen LogP contribution in [-0.4, -0.2) is 11.0 Å². The molecule has 2 rings (SSSR count). The van der Waals surface area contributed by atoms with Crippen LogP contribution < -0.4 is 10.1 Å². The van der Waals surface area contributed by atoms with Crippen molar-refractivity contribution in [2.45, 2.75) is 26.4 Å². The van der Waals surface area contributed by atoms with E-state index in [1.807, 2.05) is 19.9 Å². The predicted octanol–water partition coefficient (Wildman–Crippen LogP) is 4.93. The summed E-state index contributed by atoms with van der Waals surface area (Å²) in [5, 5.41) is 3.67. The average Bonchev–Trinajstić information content (AvgIpc) is 2.41. The van der Waals surface area contributed by atoms with E-state index in [2.05, 4.69) is 26.2 Å². The Morgan fingerprint density at radius 2 is 2.14 bits per heavy atom. The quantitative estimate of drug-likeness (QED) is 0.807. The number of nitrogens with one attached hydrogen (secondary N) is 1. The highest BCUT2D eigenvalue weighted by Gasteiger charge is 2.11. The highest BCUT2D eigenvalue weighted by molar-refractivity contribution is 9.10. The Hall–Kier alpha value is -1.17. The SMILES string of the molecule is CC(C)NCc1cc(F)cnc1Oc1ccc(Br)cc1Cl. The van der Waals surface area contributed by atoms with Crippen molar-refractivity contribution in [3.05, 3.63) is 51.3 Å². The molecule has 112 valence electrons. The summed E-state index contributed by atoms with van der Waals surface area (Å²) in [6, 6.07) is 6.96. The second kappa shape index (κ2) is 7.20. The lowest BCUT2D eigenvalue weighted by molar-refractivity contribution is 0.446. The van der Waals surface area contributed by atoms with Crippen molar-refractivity contribution in [3.8, 4) is 11.6 Å². The molecule has 1 aromatic carbocycles. The lowest BCUT2D eigenvalue weighted by Crippen LogP contribution is -2.22. The molecule has 0 fully saturated rings. The molecule has 21 heavy (non-hydrogen) atoms. The predicted molar refractivity (Wildman–Crippen MR) is 85.4 cm³/mol. The molecule has 0 aliphatic rings. The van der Waals surface area contributed by atoms with Crippen molar-refractivity contribution in [3.63, 3.8) is 0 Å². The van der Waals surface area contributed by atoms with E-state index in [9.17, 15) is 4.39 Å². The third kappa shape index (κ3) is 4.66. The molecule has 3 nitrogen and oxygen atoms in total. The number of nitrogens with zero attached hydrogens (tertiary/aromatic N) is 1. The van der Waals surface area contributed by atoms with Crippen LogP contribution in [-0.2, 0) is 6.54 Å². The van der Waals surface area contributed by atoms with Gasteiger partial charge in [0.2, 0.25) is 5.88 Å². The topological polar surface area (TPSA) is 34.2 Å². The van der Waals surface area contributed by atoms with Crippen molar-refractivity contribution in [1.82, 2.24) is 10.3 Å². The molecule has 0 unspecified atom stereocenters. The van der Waals surface area contributed by atoms with Crippen LogP contribution >= 0.6 is 27.5 Å². The zero-order valence-electron chi connectivity index (χ0n) is 11.7. The normalized spacial score (nSPS) is 11.0. The van der Waals surface area contributed by atoms with Crippen LogP contribution in [0.1, 0.15) is 19.4 Å². The molecule has 0 atom stereocenters. The molecule has 0 aliphatic heterocycles. The van der Waals surface area contributed by atoms with Crippen molar-refractivity contribution >= 4 is 27.5 Å². The Morgan fingerprint density at radius 3 is 2.81 bits per heavy atom. The summed E-state index contributed by atoms with van der Waals surface area (Å²) in [6.07, 6.45) is 1.13. The Labute approximate surface area is 136 Å². The summed E-state index contributed by atoms with van der Waals surface area (Å²) in [4.78, 5) is 4.01. The number of rotatable bonds is 5. The summed E-state index contributed by atoms with van der Waals surface area (Å²) in [5.41, 5.74) is 0.641. The van der Waals surface area contributed by atoms with Gasteiger partial charge in [0.15, 0.2) is 0 Å². The smallest absolute Gasteiger partial charge is 0.223 e. The summed E-state index contributed by atoms with van der Waals surface area (Å²) >= 11 is 9.45. The highest BCUT2D eigenvalue weighted by atomic mass is 79.9. The Balaban J connectivity index is 2.26. The first kappa shape index (κ1) is 16.2. The molecular weight excluding hydrogens is 359 g/mol. The standard InChI is InChI=1S/C15H15BrClFN2O/c1-9(2)19-7-10-5-12(18)8-20-15(10)21-14-4-3-11(16)6-13(14)17/h3-6,8-9,19H,7H2,1-2H3. The second-order valence-electron chi connectivity index (χ2n) is 4.83. The summed E-state index contributed by atoms with van der Waals surface area (Å²) in [5.74, 6) is 0.420. The Kier molecular flexibility index (Phi) is 5.56. The molecule has 0 bridgehead atoms. The van der Waals surface area contributed by atoms with Crippen LogP contribution in [0.5, 0.6) is 11.6 Å².